The molecule has 2 N–H and O–H groups in total. The van der Waals surface area contributed by atoms with E-state index in [4.69, 9.17) is 11.6 Å². The van der Waals surface area contributed by atoms with Crippen molar-refractivity contribution in [3.05, 3.63) is 53.1 Å². The second-order valence-corrected chi connectivity index (χ2v) is 8.12. The molecule has 0 spiro atoms. The first kappa shape index (κ1) is 19.0. The summed E-state index contributed by atoms with van der Waals surface area (Å²) in [4.78, 5) is 7.08. The van der Waals surface area contributed by atoms with Gasteiger partial charge in [0, 0.05) is 23.5 Å². The number of nitrogens with zero attached hydrogens (tertiary/aromatic N) is 1. The molecule has 0 unspecified atom stereocenters. The summed E-state index contributed by atoms with van der Waals surface area (Å²) >= 11 is 5.80. The Morgan fingerprint density at radius 1 is 1.04 bits per heavy atom. The number of H-pyrrole nitrogens is 1. The number of rotatable bonds is 11. The zero-order chi connectivity index (χ0) is 17.3. The van der Waals surface area contributed by atoms with Crippen LogP contribution in [0.1, 0.15) is 43.4 Å². The minimum Gasteiger partial charge on any atom is -0.348 e. The van der Waals surface area contributed by atoms with Crippen LogP contribution < -0.4 is 4.72 Å². The molecule has 2 aromatic rings. The molecule has 1 aromatic heterocycles. The highest BCUT2D eigenvalue weighted by Gasteiger charge is 2.10. The van der Waals surface area contributed by atoms with Crippen LogP contribution >= 0.6 is 11.6 Å². The van der Waals surface area contributed by atoms with E-state index in [-0.39, 0.29) is 5.75 Å². The smallest absolute Gasteiger partial charge is 0.215 e. The summed E-state index contributed by atoms with van der Waals surface area (Å²) in [6, 6.07) is 6.88. The van der Waals surface area contributed by atoms with Gasteiger partial charge in [-0.1, -0.05) is 43.0 Å². The molecular formula is C17H24ClN3O2S. The van der Waals surface area contributed by atoms with Crippen LogP contribution in [0.5, 0.6) is 0 Å². The average Bonchev–Trinajstić information content (AvgIpc) is 3.05. The van der Waals surface area contributed by atoms with Crippen LogP contribution in [-0.2, 0) is 22.2 Å². The molecule has 132 valence electrons. The highest BCUT2D eigenvalue weighted by molar-refractivity contribution is 7.88. The van der Waals surface area contributed by atoms with Crippen molar-refractivity contribution in [3.63, 3.8) is 0 Å². The van der Waals surface area contributed by atoms with Gasteiger partial charge in [0.25, 0.3) is 0 Å². The lowest BCUT2D eigenvalue weighted by Crippen LogP contribution is -2.26. The quantitative estimate of drug-likeness (QED) is 0.593. The SMILES string of the molecule is O=S(=O)(Cc1ccc(Cl)cc1)NCCCCCCCc1cnc[nH]1. The third-order valence-corrected chi connectivity index (χ3v) is 5.38. The van der Waals surface area contributed by atoms with Crippen LogP contribution in [0.25, 0.3) is 0 Å². The largest absolute Gasteiger partial charge is 0.348 e. The standard InChI is InChI=1S/C17H24ClN3O2S/c18-16-9-7-15(8-10-16)13-24(22,23)21-11-5-3-1-2-4-6-17-12-19-14-20-17/h7-10,12,14,21H,1-6,11,13H2,(H,19,20). The molecule has 0 amide bonds. The Morgan fingerprint density at radius 3 is 2.46 bits per heavy atom. The monoisotopic (exact) mass is 369 g/mol. The highest BCUT2D eigenvalue weighted by Crippen LogP contribution is 2.12. The van der Waals surface area contributed by atoms with Crippen LogP contribution in [-0.4, -0.2) is 24.9 Å². The van der Waals surface area contributed by atoms with Gasteiger partial charge >= 0.3 is 0 Å². The molecule has 1 heterocycles. The zero-order valence-corrected chi connectivity index (χ0v) is 15.2. The number of aromatic nitrogens is 2. The fourth-order valence-corrected chi connectivity index (χ4v) is 3.79. The lowest BCUT2D eigenvalue weighted by atomic mass is 10.1. The number of imidazole rings is 1. The first-order chi connectivity index (χ1) is 11.6. The van der Waals surface area contributed by atoms with Gasteiger partial charge in [-0.2, -0.15) is 0 Å². The molecule has 5 nitrogen and oxygen atoms in total. The maximum absolute atomic E-state index is 12.0. The van der Waals surface area contributed by atoms with E-state index in [2.05, 4.69) is 14.7 Å². The van der Waals surface area contributed by atoms with Crippen LogP contribution in [0, 0.1) is 0 Å². The van der Waals surface area contributed by atoms with Crippen LogP contribution in [0.4, 0.5) is 0 Å². The second-order valence-electron chi connectivity index (χ2n) is 5.87. The fourth-order valence-electron chi connectivity index (χ4n) is 2.47. The van der Waals surface area contributed by atoms with Crippen LogP contribution in [0.3, 0.4) is 0 Å². The molecule has 0 aliphatic heterocycles. The minimum absolute atomic E-state index is 0.00560. The van der Waals surface area contributed by atoms with Gasteiger partial charge in [-0.3, -0.25) is 0 Å². The summed E-state index contributed by atoms with van der Waals surface area (Å²) in [5.74, 6) is -0.00560. The van der Waals surface area contributed by atoms with Crippen molar-refractivity contribution in [2.75, 3.05) is 6.54 Å². The van der Waals surface area contributed by atoms with E-state index in [0.29, 0.717) is 11.6 Å². The Hall–Kier alpha value is -1.37. The molecule has 0 aliphatic rings. The number of unbranched alkanes of at least 4 members (excludes halogenated alkanes) is 4. The summed E-state index contributed by atoms with van der Waals surface area (Å²) in [6.07, 6.45) is 9.87. The topological polar surface area (TPSA) is 74.8 Å². The maximum Gasteiger partial charge on any atom is 0.215 e. The van der Waals surface area contributed by atoms with Gasteiger partial charge in [0.1, 0.15) is 0 Å². The first-order valence-corrected chi connectivity index (χ1v) is 10.3. The Kier molecular flexibility index (Phi) is 7.75. The van der Waals surface area contributed by atoms with Crippen molar-refractivity contribution in [3.8, 4) is 0 Å². The molecule has 0 saturated heterocycles. The predicted octanol–water partition coefficient (Wildman–Crippen LogP) is 3.68. The van der Waals surface area contributed by atoms with E-state index >= 15 is 0 Å². The molecule has 24 heavy (non-hydrogen) atoms. The molecule has 0 aliphatic carbocycles. The fraction of sp³-hybridized carbons (Fsp3) is 0.471. The average molecular weight is 370 g/mol. The van der Waals surface area contributed by atoms with Gasteiger partial charge < -0.3 is 4.98 Å². The number of aromatic amines is 1. The molecule has 0 fully saturated rings. The highest BCUT2D eigenvalue weighted by atomic mass is 35.5. The Bertz CT molecular complexity index is 685. The van der Waals surface area contributed by atoms with Crippen molar-refractivity contribution >= 4 is 21.6 Å². The van der Waals surface area contributed by atoms with E-state index in [9.17, 15) is 8.42 Å². The molecule has 1 aromatic carbocycles. The molecule has 0 saturated carbocycles. The summed E-state index contributed by atoms with van der Waals surface area (Å²) in [7, 11) is -3.28. The molecule has 2 rings (SSSR count). The van der Waals surface area contributed by atoms with Crippen LogP contribution in [0.15, 0.2) is 36.8 Å². The number of hydrogen-bond donors (Lipinski definition) is 2. The lowest BCUT2D eigenvalue weighted by molar-refractivity contribution is 0.567. The van der Waals surface area contributed by atoms with E-state index in [1.165, 1.54) is 5.69 Å². The van der Waals surface area contributed by atoms with Crippen molar-refractivity contribution < 1.29 is 8.42 Å². The minimum atomic E-state index is -3.28. The van der Waals surface area contributed by atoms with E-state index in [1.807, 2.05) is 6.20 Å². The first-order valence-electron chi connectivity index (χ1n) is 8.24. The molecular weight excluding hydrogens is 346 g/mol. The van der Waals surface area contributed by atoms with Crippen LogP contribution in [0.2, 0.25) is 5.02 Å². The molecule has 7 heteroatoms. The van der Waals surface area contributed by atoms with Gasteiger partial charge in [0.15, 0.2) is 0 Å². The van der Waals surface area contributed by atoms with Crippen molar-refractivity contribution in [2.45, 2.75) is 44.3 Å². The third-order valence-electron chi connectivity index (χ3n) is 3.77. The lowest BCUT2D eigenvalue weighted by Gasteiger charge is -2.07. The van der Waals surface area contributed by atoms with Gasteiger partial charge in [0.2, 0.25) is 10.0 Å². The second kappa shape index (κ2) is 9.81. The van der Waals surface area contributed by atoms with Gasteiger partial charge in [-0.15, -0.1) is 0 Å². The normalized spacial score (nSPS) is 11.7. The number of sulfonamides is 1. The number of halogens is 1. The molecule has 0 bridgehead atoms. The van der Waals surface area contributed by atoms with E-state index in [0.717, 1.165) is 44.1 Å². The van der Waals surface area contributed by atoms with Crippen molar-refractivity contribution in [1.82, 2.24) is 14.7 Å². The Balaban J connectivity index is 1.53. The molecule has 0 atom stereocenters. The van der Waals surface area contributed by atoms with Gasteiger partial charge in [-0.05, 0) is 37.0 Å². The number of benzene rings is 1. The predicted molar refractivity (Wildman–Crippen MR) is 97.5 cm³/mol. The summed E-state index contributed by atoms with van der Waals surface area (Å²) in [5.41, 5.74) is 1.91. The van der Waals surface area contributed by atoms with E-state index in [1.54, 1.807) is 30.6 Å². The summed E-state index contributed by atoms with van der Waals surface area (Å²) in [5, 5.41) is 0.608. The maximum atomic E-state index is 12.0. The summed E-state index contributed by atoms with van der Waals surface area (Å²) in [6.45, 7) is 0.496. The Morgan fingerprint density at radius 2 is 1.75 bits per heavy atom. The number of nitrogens with one attached hydrogen (secondary N) is 2. The number of hydrogen-bond acceptors (Lipinski definition) is 3. The van der Waals surface area contributed by atoms with Gasteiger partial charge in [0.05, 0.1) is 12.1 Å². The van der Waals surface area contributed by atoms with Gasteiger partial charge in [-0.25, -0.2) is 18.1 Å². The third kappa shape index (κ3) is 7.47. The molecule has 0 radical (unpaired) electrons. The van der Waals surface area contributed by atoms with Crippen molar-refractivity contribution in [1.29, 1.82) is 0 Å². The Labute approximate surface area is 148 Å². The number of aryl methyl sites for hydroxylation is 1. The zero-order valence-electron chi connectivity index (χ0n) is 13.7. The summed E-state index contributed by atoms with van der Waals surface area (Å²) < 4.78 is 26.7. The van der Waals surface area contributed by atoms with Crippen molar-refractivity contribution in [2.24, 2.45) is 0 Å². The van der Waals surface area contributed by atoms with E-state index < -0.39 is 10.0 Å².